The summed E-state index contributed by atoms with van der Waals surface area (Å²) in [7, 11) is 0. The summed E-state index contributed by atoms with van der Waals surface area (Å²) in [6.45, 7) is 3.64. The van der Waals surface area contributed by atoms with Crippen LogP contribution in [0, 0.1) is 10.1 Å². The number of amides is 1. The maximum absolute atomic E-state index is 12.0. The van der Waals surface area contributed by atoms with Crippen molar-refractivity contribution in [3.8, 4) is 0 Å². The van der Waals surface area contributed by atoms with Crippen LogP contribution < -0.4 is 11.1 Å². The van der Waals surface area contributed by atoms with E-state index in [4.69, 9.17) is 5.73 Å². The normalized spacial score (nSPS) is 17.3. The van der Waals surface area contributed by atoms with Gasteiger partial charge in [-0.2, -0.15) is 0 Å². The average Bonchev–Trinajstić information content (AvgIpc) is 2.59. The Hall–Kier alpha value is -3.16. The number of nitro benzene ring substituents is 1. The average molecular weight is 345 g/mol. The van der Waals surface area contributed by atoms with Gasteiger partial charge in [0.15, 0.2) is 0 Å². The summed E-state index contributed by atoms with van der Waals surface area (Å²) in [5.74, 6) is -2.76. The highest BCUT2D eigenvalue weighted by atomic mass is 16.6. The lowest BCUT2D eigenvalue weighted by Gasteiger charge is -2.31. The molecule has 1 heterocycles. The molecule has 132 valence electrons. The number of benzene rings is 1. The number of dihydropyridines is 1. The number of carboxylic acids is 1. The van der Waals surface area contributed by atoms with Gasteiger partial charge in [-0.1, -0.05) is 26.0 Å². The van der Waals surface area contributed by atoms with E-state index < -0.39 is 22.7 Å². The predicted octanol–water partition coefficient (Wildman–Crippen LogP) is 2.18. The summed E-state index contributed by atoms with van der Waals surface area (Å²) in [5, 5.41) is 23.5. The number of allylic oxidation sites excluding steroid dienone is 2. The van der Waals surface area contributed by atoms with Crippen LogP contribution in [-0.4, -0.2) is 21.9 Å². The number of nitrogens with zero attached hydrogens (tertiary/aromatic N) is 1. The first kappa shape index (κ1) is 18.2. The molecular weight excluding hydrogens is 326 g/mol. The van der Waals surface area contributed by atoms with Crippen LogP contribution in [0.15, 0.2) is 46.8 Å². The van der Waals surface area contributed by atoms with Crippen molar-refractivity contribution in [2.75, 3.05) is 0 Å². The van der Waals surface area contributed by atoms with Gasteiger partial charge >= 0.3 is 5.97 Å². The molecule has 1 unspecified atom stereocenters. The number of carboxylic acid groups (broad SMARTS) is 1. The Morgan fingerprint density at radius 3 is 2.08 bits per heavy atom. The lowest BCUT2D eigenvalue weighted by Crippen LogP contribution is -2.34. The van der Waals surface area contributed by atoms with E-state index in [1.165, 1.54) is 24.3 Å². The molecule has 8 heteroatoms. The number of nitro groups is 1. The molecule has 1 aromatic carbocycles. The molecule has 1 aliphatic heterocycles. The Labute approximate surface area is 144 Å². The molecule has 0 aliphatic carbocycles. The number of primary amides is 1. The van der Waals surface area contributed by atoms with Crippen molar-refractivity contribution >= 4 is 17.6 Å². The van der Waals surface area contributed by atoms with E-state index in [0.29, 0.717) is 29.8 Å². The maximum atomic E-state index is 12.0. The van der Waals surface area contributed by atoms with Crippen molar-refractivity contribution < 1.29 is 19.6 Å². The van der Waals surface area contributed by atoms with Crippen molar-refractivity contribution in [3.63, 3.8) is 0 Å². The van der Waals surface area contributed by atoms with Gasteiger partial charge in [-0.3, -0.25) is 14.9 Å². The molecule has 4 N–H and O–H groups in total. The van der Waals surface area contributed by atoms with Gasteiger partial charge in [-0.15, -0.1) is 0 Å². The third-order valence-corrected chi connectivity index (χ3v) is 4.17. The van der Waals surface area contributed by atoms with Crippen molar-refractivity contribution in [1.82, 2.24) is 5.32 Å². The molecule has 1 aromatic rings. The third-order valence-electron chi connectivity index (χ3n) is 4.17. The zero-order valence-corrected chi connectivity index (χ0v) is 13.9. The number of rotatable bonds is 6. The molecule has 0 fully saturated rings. The molecule has 2 rings (SSSR count). The second-order valence-corrected chi connectivity index (χ2v) is 5.57. The van der Waals surface area contributed by atoms with Crippen LogP contribution >= 0.6 is 0 Å². The number of carbonyl (C=O) groups excluding carboxylic acids is 1. The minimum atomic E-state index is -1.17. The topological polar surface area (TPSA) is 136 Å². The molecule has 0 saturated carbocycles. The molecule has 25 heavy (non-hydrogen) atoms. The second-order valence-electron chi connectivity index (χ2n) is 5.57. The fourth-order valence-corrected chi connectivity index (χ4v) is 3.03. The molecular formula is C17H19N3O5. The van der Waals surface area contributed by atoms with Crippen LogP contribution in [0.2, 0.25) is 0 Å². The van der Waals surface area contributed by atoms with Crippen LogP contribution in [-0.2, 0) is 9.59 Å². The van der Waals surface area contributed by atoms with Gasteiger partial charge in [0.05, 0.1) is 16.4 Å². The molecule has 0 aromatic heterocycles. The Kier molecular flexibility index (Phi) is 5.21. The maximum Gasteiger partial charge on any atom is 0.334 e. The first-order valence-corrected chi connectivity index (χ1v) is 7.82. The van der Waals surface area contributed by atoms with Crippen LogP contribution in [0.5, 0.6) is 0 Å². The zero-order valence-electron chi connectivity index (χ0n) is 13.9. The summed E-state index contributed by atoms with van der Waals surface area (Å²) in [6, 6.07) is 5.49. The highest BCUT2D eigenvalue weighted by molar-refractivity contribution is 6.01. The third kappa shape index (κ3) is 3.37. The van der Waals surface area contributed by atoms with Crippen molar-refractivity contribution in [2.24, 2.45) is 5.73 Å². The van der Waals surface area contributed by atoms with E-state index in [1.54, 1.807) is 6.92 Å². The molecule has 0 spiro atoms. The van der Waals surface area contributed by atoms with Gasteiger partial charge in [0.2, 0.25) is 5.91 Å². The van der Waals surface area contributed by atoms with Gasteiger partial charge in [0, 0.05) is 29.1 Å². The first-order valence-electron chi connectivity index (χ1n) is 7.82. The summed E-state index contributed by atoms with van der Waals surface area (Å²) in [5.41, 5.74) is 7.15. The fourth-order valence-electron chi connectivity index (χ4n) is 3.03. The number of aliphatic carboxylic acids is 1. The smallest absolute Gasteiger partial charge is 0.334 e. The van der Waals surface area contributed by atoms with E-state index in [2.05, 4.69) is 5.32 Å². The molecule has 1 amide bonds. The monoisotopic (exact) mass is 345 g/mol. The van der Waals surface area contributed by atoms with Gasteiger partial charge < -0.3 is 16.2 Å². The molecule has 0 saturated heterocycles. The number of hydrogen-bond acceptors (Lipinski definition) is 5. The van der Waals surface area contributed by atoms with E-state index in [-0.39, 0.29) is 16.8 Å². The lowest BCUT2D eigenvalue weighted by molar-refractivity contribution is -0.384. The minimum absolute atomic E-state index is 0.0300. The largest absolute Gasteiger partial charge is 0.478 e. The number of nitrogens with two attached hydrogens (primary N) is 1. The number of hydrogen-bond donors (Lipinski definition) is 3. The Morgan fingerprint density at radius 1 is 1.16 bits per heavy atom. The zero-order chi connectivity index (χ0) is 18.7. The van der Waals surface area contributed by atoms with Gasteiger partial charge in [0.25, 0.3) is 5.69 Å². The quantitative estimate of drug-likeness (QED) is 0.534. The Balaban J connectivity index is 2.70. The van der Waals surface area contributed by atoms with E-state index >= 15 is 0 Å². The van der Waals surface area contributed by atoms with Crippen LogP contribution in [0.4, 0.5) is 5.69 Å². The molecule has 8 nitrogen and oxygen atoms in total. The molecule has 1 aliphatic rings. The predicted molar refractivity (Wildman–Crippen MR) is 90.4 cm³/mol. The Morgan fingerprint density at radius 2 is 1.68 bits per heavy atom. The van der Waals surface area contributed by atoms with E-state index in [1.807, 2.05) is 6.92 Å². The van der Waals surface area contributed by atoms with Crippen LogP contribution in [0.3, 0.4) is 0 Å². The van der Waals surface area contributed by atoms with Crippen LogP contribution in [0.25, 0.3) is 0 Å². The molecule has 0 bridgehead atoms. The van der Waals surface area contributed by atoms with Crippen molar-refractivity contribution in [2.45, 2.75) is 32.6 Å². The van der Waals surface area contributed by atoms with E-state index in [9.17, 15) is 24.8 Å². The minimum Gasteiger partial charge on any atom is -0.478 e. The lowest BCUT2D eigenvalue weighted by atomic mass is 9.79. The first-order chi connectivity index (χ1) is 11.8. The molecule has 1 atom stereocenters. The number of carbonyl (C=O) groups is 2. The summed E-state index contributed by atoms with van der Waals surface area (Å²) < 4.78 is 0. The molecule has 0 radical (unpaired) electrons. The summed E-state index contributed by atoms with van der Waals surface area (Å²) in [6.07, 6.45) is 0.902. The van der Waals surface area contributed by atoms with Crippen LogP contribution in [0.1, 0.15) is 38.2 Å². The van der Waals surface area contributed by atoms with E-state index in [0.717, 1.165) is 0 Å². The summed E-state index contributed by atoms with van der Waals surface area (Å²) in [4.78, 5) is 34.2. The highest BCUT2D eigenvalue weighted by Gasteiger charge is 2.36. The number of nitrogens with one attached hydrogen (secondary N) is 1. The standard InChI is InChI=1S/C17H19N3O5/c1-3-11-14(16(18)21)13(15(17(22)23)12(4-2)19-11)9-5-7-10(8-6-9)20(24)25/h5-8,13,19H,3-4H2,1-2H3,(H2,18,21)(H,22,23). The van der Waals surface area contributed by atoms with Gasteiger partial charge in [-0.05, 0) is 18.4 Å². The summed E-state index contributed by atoms with van der Waals surface area (Å²) >= 11 is 0. The fraction of sp³-hybridized carbons (Fsp3) is 0.294. The SMILES string of the molecule is CCC1=C(C(N)=O)C(c2ccc([N+](=O)[O-])cc2)C(C(=O)O)=C(CC)N1. The van der Waals surface area contributed by atoms with Gasteiger partial charge in [0.1, 0.15) is 0 Å². The Bertz CT molecular complexity index is 755. The van der Waals surface area contributed by atoms with Gasteiger partial charge in [-0.25, -0.2) is 4.79 Å². The number of non-ortho nitro benzene ring substituents is 1. The van der Waals surface area contributed by atoms with Crippen molar-refractivity contribution in [1.29, 1.82) is 0 Å². The highest BCUT2D eigenvalue weighted by Crippen LogP contribution is 2.39. The second kappa shape index (κ2) is 7.16. The van der Waals surface area contributed by atoms with Crippen molar-refractivity contribution in [3.05, 3.63) is 62.5 Å².